The molecule has 2 heterocycles. The van der Waals surface area contributed by atoms with E-state index < -0.39 is 0 Å². The van der Waals surface area contributed by atoms with Crippen LogP contribution in [0.3, 0.4) is 0 Å². The Kier molecular flexibility index (Phi) is 3.81. The molecule has 0 bridgehead atoms. The lowest BCUT2D eigenvalue weighted by atomic mass is 10.2. The third kappa shape index (κ3) is 2.86. The first-order valence-corrected chi connectivity index (χ1v) is 7.31. The molecule has 0 saturated carbocycles. The predicted molar refractivity (Wildman–Crippen MR) is 84.4 cm³/mol. The van der Waals surface area contributed by atoms with Gasteiger partial charge in [-0.3, -0.25) is 0 Å². The molecule has 0 aliphatic heterocycles. The molecule has 0 fully saturated rings. The van der Waals surface area contributed by atoms with Crippen molar-refractivity contribution in [3.63, 3.8) is 0 Å². The minimum Gasteiger partial charge on any atom is -0.370 e. The van der Waals surface area contributed by atoms with Gasteiger partial charge in [0.15, 0.2) is 5.82 Å². The van der Waals surface area contributed by atoms with Crippen molar-refractivity contribution in [2.24, 2.45) is 0 Å². The highest BCUT2D eigenvalue weighted by molar-refractivity contribution is 5.58. The Hall–Kier alpha value is -2.43. The van der Waals surface area contributed by atoms with Gasteiger partial charge in [0, 0.05) is 23.9 Å². The van der Waals surface area contributed by atoms with E-state index >= 15 is 0 Å². The second-order valence-electron chi connectivity index (χ2n) is 5.08. The Bertz CT molecular complexity index is 733. The Morgan fingerprint density at radius 3 is 2.71 bits per heavy atom. The van der Waals surface area contributed by atoms with Crippen LogP contribution in [0.1, 0.15) is 25.5 Å². The molecule has 5 heteroatoms. The van der Waals surface area contributed by atoms with E-state index in [-0.39, 0.29) is 0 Å². The van der Waals surface area contributed by atoms with Crippen LogP contribution in [0.4, 0.5) is 5.82 Å². The molecule has 3 rings (SSSR count). The van der Waals surface area contributed by atoms with Gasteiger partial charge in [-0.1, -0.05) is 43.7 Å². The van der Waals surface area contributed by atoms with Crippen LogP contribution in [0, 0.1) is 6.92 Å². The van der Waals surface area contributed by atoms with Crippen LogP contribution in [0.15, 0.2) is 36.4 Å². The van der Waals surface area contributed by atoms with Gasteiger partial charge in [0.1, 0.15) is 5.82 Å². The van der Waals surface area contributed by atoms with E-state index in [1.165, 1.54) is 0 Å². The smallest absolute Gasteiger partial charge is 0.254 e. The van der Waals surface area contributed by atoms with Gasteiger partial charge in [0.05, 0.1) is 0 Å². The third-order valence-corrected chi connectivity index (χ3v) is 3.31. The predicted octanol–water partition coefficient (Wildman–Crippen LogP) is 3.31. The van der Waals surface area contributed by atoms with Gasteiger partial charge in [0.2, 0.25) is 0 Å². The maximum atomic E-state index is 4.58. The van der Waals surface area contributed by atoms with Crippen molar-refractivity contribution in [3.05, 3.63) is 42.1 Å². The largest absolute Gasteiger partial charge is 0.370 e. The van der Waals surface area contributed by atoms with E-state index in [1.54, 1.807) is 4.52 Å². The number of aromatic nitrogens is 4. The summed E-state index contributed by atoms with van der Waals surface area (Å²) in [6, 6.07) is 12.0. The van der Waals surface area contributed by atoms with Crippen molar-refractivity contribution in [2.75, 3.05) is 11.9 Å². The highest BCUT2D eigenvalue weighted by Crippen LogP contribution is 2.18. The molecule has 0 radical (unpaired) electrons. The molecule has 1 aromatic carbocycles. The Balaban J connectivity index is 2.02. The maximum absolute atomic E-state index is 4.58. The first-order valence-electron chi connectivity index (χ1n) is 7.31. The fourth-order valence-electron chi connectivity index (χ4n) is 2.22. The molecule has 2 aromatic heterocycles. The molecule has 3 aromatic rings. The standard InChI is InChI=1S/C16H19N5/c1-3-4-10-17-14-11-12(2)18-16-19-15(20-21(14)16)13-8-6-5-7-9-13/h5-9,11,17H,3-4,10H2,1-2H3. The van der Waals surface area contributed by atoms with Gasteiger partial charge in [-0.05, 0) is 13.3 Å². The van der Waals surface area contributed by atoms with Gasteiger partial charge in [-0.15, -0.1) is 5.10 Å². The molecule has 0 unspecified atom stereocenters. The number of hydrogen-bond acceptors (Lipinski definition) is 4. The molecule has 0 atom stereocenters. The first-order chi connectivity index (χ1) is 10.3. The van der Waals surface area contributed by atoms with Gasteiger partial charge < -0.3 is 5.32 Å². The molecule has 108 valence electrons. The van der Waals surface area contributed by atoms with Crippen molar-refractivity contribution in [1.29, 1.82) is 0 Å². The Morgan fingerprint density at radius 2 is 1.95 bits per heavy atom. The summed E-state index contributed by atoms with van der Waals surface area (Å²) in [7, 11) is 0. The highest BCUT2D eigenvalue weighted by atomic mass is 15.4. The van der Waals surface area contributed by atoms with Crippen molar-refractivity contribution < 1.29 is 0 Å². The van der Waals surface area contributed by atoms with Gasteiger partial charge in [-0.25, -0.2) is 4.98 Å². The average molecular weight is 281 g/mol. The zero-order valence-electron chi connectivity index (χ0n) is 12.4. The number of anilines is 1. The summed E-state index contributed by atoms with van der Waals surface area (Å²) in [6.07, 6.45) is 2.29. The molecule has 0 saturated heterocycles. The monoisotopic (exact) mass is 281 g/mol. The minimum atomic E-state index is 0.632. The number of hydrogen-bond donors (Lipinski definition) is 1. The van der Waals surface area contributed by atoms with Crippen LogP contribution < -0.4 is 5.32 Å². The number of nitrogens with one attached hydrogen (secondary N) is 1. The normalized spacial score (nSPS) is 11.0. The van der Waals surface area contributed by atoms with E-state index in [0.717, 1.165) is 36.5 Å². The maximum Gasteiger partial charge on any atom is 0.254 e. The van der Waals surface area contributed by atoms with Crippen LogP contribution in [-0.4, -0.2) is 26.1 Å². The zero-order chi connectivity index (χ0) is 14.7. The summed E-state index contributed by atoms with van der Waals surface area (Å²) >= 11 is 0. The van der Waals surface area contributed by atoms with Crippen molar-refractivity contribution in [3.8, 4) is 11.4 Å². The van der Waals surface area contributed by atoms with E-state index in [0.29, 0.717) is 11.6 Å². The molecule has 5 nitrogen and oxygen atoms in total. The molecule has 0 amide bonds. The van der Waals surface area contributed by atoms with Crippen LogP contribution in [-0.2, 0) is 0 Å². The van der Waals surface area contributed by atoms with Crippen LogP contribution >= 0.6 is 0 Å². The fraction of sp³-hybridized carbons (Fsp3) is 0.312. The minimum absolute atomic E-state index is 0.632. The number of benzene rings is 1. The number of unbranched alkanes of at least 4 members (excludes halogenated alkanes) is 1. The number of fused-ring (bicyclic) bond motifs is 1. The second-order valence-corrected chi connectivity index (χ2v) is 5.08. The molecule has 21 heavy (non-hydrogen) atoms. The average Bonchev–Trinajstić information content (AvgIpc) is 2.92. The van der Waals surface area contributed by atoms with Gasteiger partial charge >= 0.3 is 0 Å². The van der Waals surface area contributed by atoms with Crippen LogP contribution in [0.5, 0.6) is 0 Å². The van der Waals surface area contributed by atoms with Crippen molar-refractivity contribution >= 4 is 11.6 Å². The number of rotatable bonds is 5. The van der Waals surface area contributed by atoms with Gasteiger partial charge in [-0.2, -0.15) is 9.50 Å². The fourth-order valence-corrected chi connectivity index (χ4v) is 2.22. The molecule has 1 N–H and O–H groups in total. The lowest BCUT2D eigenvalue weighted by Gasteiger charge is -2.07. The van der Waals surface area contributed by atoms with Crippen molar-refractivity contribution in [2.45, 2.75) is 26.7 Å². The van der Waals surface area contributed by atoms with Crippen LogP contribution in [0.25, 0.3) is 17.2 Å². The molecule has 0 aliphatic rings. The summed E-state index contributed by atoms with van der Waals surface area (Å²) < 4.78 is 1.78. The Labute approximate surface area is 124 Å². The van der Waals surface area contributed by atoms with E-state index in [4.69, 9.17) is 0 Å². The summed E-state index contributed by atoms with van der Waals surface area (Å²) in [6.45, 7) is 5.08. The molecule has 0 aliphatic carbocycles. The summed E-state index contributed by atoms with van der Waals surface area (Å²) in [4.78, 5) is 8.99. The number of aryl methyl sites for hydroxylation is 1. The summed E-state index contributed by atoms with van der Waals surface area (Å²) in [5, 5.41) is 8.00. The van der Waals surface area contributed by atoms with E-state index in [9.17, 15) is 0 Å². The topological polar surface area (TPSA) is 55.1 Å². The number of nitrogens with zero attached hydrogens (tertiary/aromatic N) is 4. The van der Waals surface area contributed by atoms with E-state index in [1.807, 2.05) is 43.3 Å². The SMILES string of the molecule is CCCCNc1cc(C)nc2nc(-c3ccccc3)nn12. The molecular weight excluding hydrogens is 262 g/mol. The second kappa shape index (κ2) is 5.91. The molecule has 0 spiro atoms. The quantitative estimate of drug-likeness (QED) is 0.729. The van der Waals surface area contributed by atoms with E-state index in [2.05, 4.69) is 27.3 Å². The zero-order valence-corrected chi connectivity index (χ0v) is 12.4. The lowest BCUT2D eigenvalue weighted by Crippen LogP contribution is -2.08. The molecular formula is C16H19N5. The summed E-state index contributed by atoms with van der Waals surface area (Å²) in [5.41, 5.74) is 1.94. The first kappa shape index (κ1) is 13.5. The van der Waals surface area contributed by atoms with Gasteiger partial charge in [0.25, 0.3) is 5.78 Å². The third-order valence-electron chi connectivity index (χ3n) is 3.31. The lowest BCUT2D eigenvalue weighted by molar-refractivity contribution is 0.819. The Morgan fingerprint density at radius 1 is 1.14 bits per heavy atom. The highest BCUT2D eigenvalue weighted by Gasteiger charge is 2.10. The van der Waals surface area contributed by atoms with Crippen LogP contribution in [0.2, 0.25) is 0 Å². The van der Waals surface area contributed by atoms with Crippen molar-refractivity contribution in [1.82, 2.24) is 19.6 Å². The summed E-state index contributed by atoms with van der Waals surface area (Å²) in [5.74, 6) is 2.28.